The van der Waals surface area contributed by atoms with Crippen molar-refractivity contribution in [3.05, 3.63) is 36.2 Å². The highest BCUT2D eigenvalue weighted by Gasteiger charge is 2.11. The monoisotopic (exact) mass is 339 g/mol. The summed E-state index contributed by atoms with van der Waals surface area (Å²) >= 11 is 0. The minimum atomic E-state index is -0.794. The zero-order chi connectivity index (χ0) is 15.8. The fraction of sp³-hybridized carbons (Fsp3) is 0.438. The van der Waals surface area contributed by atoms with E-state index in [1.165, 1.54) is 0 Å². The van der Waals surface area contributed by atoms with Crippen molar-refractivity contribution in [3.63, 3.8) is 0 Å². The van der Waals surface area contributed by atoms with Gasteiger partial charge >= 0.3 is 5.97 Å². The van der Waals surface area contributed by atoms with Crippen LogP contribution in [-0.2, 0) is 11.2 Å². The molecule has 0 atom stereocenters. The molecule has 0 bridgehead atoms. The van der Waals surface area contributed by atoms with Crippen molar-refractivity contribution < 1.29 is 14.4 Å². The van der Waals surface area contributed by atoms with Gasteiger partial charge in [-0.2, -0.15) is 4.98 Å². The summed E-state index contributed by atoms with van der Waals surface area (Å²) in [5.41, 5.74) is 0.927. The van der Waals surface area contributed by atoms with E-state index in [1.807, 2.05) is 42.2 Å². The highest BCUT2D eigenvalue weighted by atomic mass is 35.5. The summed E-state index contributed by atoms with van der Waals surface area (Å²) in [5.74, 6) is 0.384. The number of nitrogens with zero attached hydrogens (tertiary/aromatic N) is 3. The highest BCUT2D eigenvalue weighted by molar-refractivity contribution is 5.85. The van der Waals surface area contributed by atoms with Crippen LogP contribution in [0.5, 0.6) is 0 Å². The molecule has 0 saturated heterocycles. The van der Waals surface area contributed by atoms with Crippen molar-refractivity contribution in [3.8, 4) is 11.4 Å². The number of hydrogen-bond acceptors (Lipinski definition) is 5. The minimum Gasteiger partial charge on any atom is -0.480 e. The van der Waals surface area contributed by atoms with Gasteiger partial charge in [0.05, 0.1) is 6.54 Å². The van der Waals surface area contributed by atoms with Gasteiger partial charge in [-0.25, -0.2) is 0 Å². The third-order valence-corrected chi connectivity index (χ3v) is 3.26. The predicted octanol–water partition coefficient (Wildman–Crippen LogP) is 2.89. The van der Waals surface area contributed by atoms with Crippen molar-refractivity contribution in [2.24, 2.45) is 0 Å². The standard InChI is InChI=1S/C16H21N3O3.ClH/c1-2-10-19(12-15(20)21)11-6-9-14-17-16(18-22-14)13-7-4-3-5-8-13;/h3-5,7-8H,2,6,9-12H2,1H3,(H,20,21);1H. The van der Waals surface area contributed by atoms with Crippen molar-refractivity contribution in [1.82, 2.24) is 15.0 Å². The maximum absolute atomic E-state index is 10.8. The van der Waals surface area contributed by atoms with E-state index in [-0.39, 0.29) is 19.0 Å². The molecule has 23 heavy (non-hydrogen) atoms. The second-order valence-electron chi connectivity index (χ2n) is 5.15. The van der Waals surface area contributed by atoms with Crippen LogP contribution < -0.4 is 0 Å². The van der Waals surface area contributed by atoms with Crippen molar-refractivity contribution in [2.75, 3.05) is 19.6 Å². The molecule has 0 saturated carbocycles. The Bertz CT molecular complexity index is 589. The predicted molar refractivity (Wildman–Crippen MR) is 89.7 cm³/mol. The van der Waals surface area contributed by atoms with E-state index in [4.69, 9.17) is 9.63 Å². The molecule has 0 aliphatic carbocycles. The van der Waals surface area contributed by atoms with Gasteiger partial charge in [-0.05, 0) is 25.9 Å². The lowest BCUT2D eigenvalue weighted by Gasteiger charge is -2.18. The van der Waals surface area contributed by atoms with Crippen molar-refractivity contribution in [2.45, 2.75) is 26.2 Å². The summed E-state index contributed by atoms with van der Waals surface area (Å²) in [7, 11) is 0. The smallest absolute Gasteiger partial charge is 0.317 e. The molecule has 1 heterocycles. The Morgan fingerprint density at radius 3 is 2.65 bits per heavy atom. The van der Waals surface area contributed by atoms with Crippen molar-refractivity contribution in [1.29, 1.82) is 0 Å². The lowest BCUT2D eigenvalue weighted by atomic mass is 10.2. The van der Waals surface area contributed by atoms with E-state index in [2.05, 4.69) is 10.1 Å². The van der Waals surface area contributed by atoms with Gasteiger partial charge in [0.25, 0.3) is 0 Å². The average molecular weight is 340 g/mol. The van der Waals surface area contributed by atoms with Gasteiger partial charge in [-0.15, -0.1) is 12.4 Å². The fourth-order valence-corrected chi connectivity index (χ4v) is 2.29. The first-order valence-electron chi connectivity index (χ1n) is 7.51. The maximum atomic E-state index is 10.8. The van der Waals surface area contributed by atoms with E-state index in [0.29, 0.717) is 24.7 Å². The Labute approximate surface area is 141 Å². The molecule has 0 radical (unpaired) electrons. The summed E-state index contributed by atoms with van der Waals surface area (Å²) in [6, 6.07) is 9.67. The molecule has 0 amide bonds. The third kappa shape index (κ3) is 6.38. The molecule has 0 aliphatic heterocycles. The molecule has 0 aliphatic rings. The van der Waals surface area contributed by atoms with Crippen LogP contribution in [-0.4, -0.2) is 45.8 Å². The summed E-state index contributed by atoms with van der Waals surface area (Å²) in [6.07, 6.45) is 2.38. The average Bonchev–Trinajstić information content (AvgIpc) is 2.97. The topological polar surface area (TPSA) is 79.5 Å². The largest absolute Gasteiger partial charge is 0.480 e. The Morgan fingerprint density at radius 1 is 1.26 bits per heavy atom. The van der Waals surface area contributed by atoms with Gasteiger partial charge in [0, 0.05) is 12.0 Å². The molecule has 2 rings (SSSR count). The van der Waals surface area contributed by atoms with E-state index >= 15 is 0 Å². The maximum Gasteiger partial charge on any atom is 0.317 e. The molecule has 0 unspecified atom stereocenters. The minimum absolute atomic E-state index is 0. The second kappa shape index (κ2) is 9.97. The Kier molecular flexibility index (Phi) is 8.29. The first kappa shape index (κ1) is 19.1. The number of hydrogen-bond donors (Lipinski definition) is 1. The lowest BCUT2D eigenvalue weighted by Crippen LogP contribution is -2.31. The molecule has 2 aromatic rings. The van der Waals surface area contributed by atoms with Gasteiger partial charge < -0.3 is 9.63 Å². The van der Waals surface area contributed by atoms with E-state index in [1.54, 1.807) is 0 Å². The number of halogens is 1. The summed E-state index contributed by atoms with van der Waals surface area (Å²) < 4.78 is 5.25. The van der Waals surface area contributed by atoms with Crippen molar-refractivity contribution >= 4 is 18.4 Å². The van der Waals surface area contributed by atoms with Gasteiger partial charge in [-0.3, -0.25) is 9.69 Å². The zero-order valence-electron chi connectivity index (χ0n) is 13.1. The number of aromatic nitrogens is 2. The van der Waals surface area contributed by atoms with Crippen LogP contribution in [0, 0.1) is 0 Å². The molecule has 1 aromatic carbocycles. The molecule has 1 N–H and O–H groups in total. The van der Waals surface area contributed by atoms with Crippen LogP contribution >= 0.6 is 12.4 Å². The number of carbonyl (C=O) groups is 1. The number of aliphatic carboxylic acids is 1. The number of carboxylic acid groups (broad SMARTS) is 1. The fourth-order valence-electron chi connectivity index (χ4n) is 2.29. The highest BCUT2D eigenvalue weighted by Crippen LogP contribution is 2.15. The van der Waals surface area contributed by atoms with E-state index in [9.17, 15) is 4.79 Å². The Balaban J connectivity index is 0.00000264. The second-order valence-corrected chi connectivity index (χ2v) is 5.15. The summed E-state index contributed by atoms with van der Waals surface area (Å²) in [5, 5.41) is 12.8. The van der Waals surface area contributed by atoms with Gasteiger partial charge in [0.1, 0.15) is 0 Å². The van der Waals surface area contributed by atoms with Crippen LogP contribution in [0.2, 0.25) is 0 Å². The SMILES string of the molecule is CCCN(CCCc1nc(-c2ccccc2)no1)CC(=O)O.Cl. The van der Waals surface area contributed by atoms with Crippen LogP contribution in [0.4, 0.5) is 0 Å². The lowest BCUT2D eigenvalue weighted by molar-refractivity contribution is -0.138. The van der Waals surface area contributed by atoms with Crippen LogP contribution in [0.25, 0.3) is 11.4 Å². The van der Waals surface area contributed by atoms with Gasteiger partial charge in [0.2, 0.25) is 11.7 Å². The molecule has 0 spiro atoms. The zero-order valence-corrected chi connectivity index (χ0v) is 14.0. The molecule has 6 nitrogen and oxygen atoms in total. The summed E-state index contributed by atoms with van der Waals surface area (Å²) in [4.78, 5) is 17.1. The van der Waals surface area contributed by atoms with Gasteiger partial charge in [-0.1, -0.05) is 42.4 Å². The van der Waals surface area contributed by atoms with E-state index < -0.39 is 5.97 Å². The molecular formula is C16H22ClN3O3. The molecular weight excluding hydrogens is 318 g/mol. The number of benzene rings is 1. The van der Waals surface area contributed by atoms with Gasteiger partial charge in [0.15, 0.2) is 0 Å². The quantitative estimate of drug-likeness (QED) is 0.756. The normalized spacial score (nSPS) is 10.5. The first-order chi connectivity index (χ1) is 10.7. The molecule has 1 aromatic heterocycles. The molecule has 7 heteroatoms. The Hall–Kier alpha value is -1.92. The molecule has 126 valence electrons. The molecule has 0 fully saturated rings. The number of rotatable bonds is 9. The summed E-state index contributed by atoms with van der Waals surface area (Å²) in [6.45, 7) is 3.61. The Morgan fingerprint density at radius 2 is 2.00 bits per heavy atom. The van der Waals surface area contributed by atoms with Crippen LogP contribution in [0.3, 0.4) is 0 Å². The van der Waals surface area contributed by atoms with E-state index in [0.717, 1.165) is 24.9 Å². The first-order valence-corrected chi connectivity index (χ1v) is 7.51. The van der Waals surface area contributed by atoms with Crippen LogP contribution in [0.1, 0.15) is 25.7 Å². The van der Waals surface area contributed by atoms with Crippen LogP contribution in [0.15, 0.2) is 34.9 Å². The number of aryl methyl sites for hydroxylation is 1. The third-order valence-electron chi connectivity index (χ3n) is 3.26. The number of carboxylic acids is 1.